The van der Waals surface area contributed by atoms with E-state index in [-0.39, 0.29) is 5.04 Å². The van der Waals surface area contributed by atoms with Gasteiger partial charge in [-0.05, 0) is 12.8 Å². The van der Waals surface area contributed by atoms with Gasteiger partial charge in [0.25, 0.3) is 0 Å². The van der Waals surface area contributed by atoms with Gasteiger partial charge in [-0.1, -0.05) is 20.3 Å². The maximum Gasteiger partial charge on any atom is 0.181 e. The molecule has 0 saturated heterocycles. The van der Waals surface area contributed by atoms with Crippen molar-refractivity contribution in [3.8, 4) is 6.07 Å². The summed E-state index contributed by atoms with van der Waals surface area (Å²) in [6.45, 7) is 4.19. The molecule has 0 aromatic carbocycles. The van der Waals surface area contributed by atoms with E-state index < -0.39 is 9.76 Å². The zero-order chi connectivity index (χ0) is 8.74. The lowest BCUT2D eigenvalue weighted by atomic mass is 10.0. The summed E-state index contributed by atoms with van der Waals surface area (Å²) in [5, 5.41) is 8.85. The SMILES string of the molecule is CCCC(C#N)(CC)[SiH2]OC. The fourth-order valence-electron chi connectivity index (χ4n) is 1.27. The molecule has 0 aliphatic carbocycles. The van der Waals surface area contributed by atoms with Gasteiger partial charge >= 0.3 is 0 Å². The quantitative estimate of drug-likeness (QED) is 0.589. The highest BCUT2D eigenvalue weighted by Crippen LogP contribution is 2.33. The summed E-state index contributed by atoms with van der Waals surface area (Å²) < 4.78 is 5.16. The Balaban J connectivity index is 4.11. The molecule has 0 aromatic heterocycles. The normalized spacial score (nSPS) is 16.5. The molecular weight excluding hydrogens is 154 g/mol. The van der Waals surface area contributed by atoms with Gasteiger partial charge in [-0.25, -0.2) is 0 Å². The Kier molecular flexibility index (Phi) is 5.17. The highest BCUT2D eigenvalue weighted by molar-refractivity contribution is 6.33. The van der Waals surface area contributed by atoms with Crippen molar-refractivity contribution in [2.24, 2.45) is 0 Å². The summed E-state index contributed by atoms with van der Waals surface area (Å²) >= 11 is 0. The highest BCUT2D eigenvalue weighted by atomic mass is 28.2. The largest absolute Gasteiger partial charge is 0.426 e. The lowest BCUT2D eigenvalue weighted by molar-refractivity contribution is 0.404. The van der Waals surface area contributed by atoms with Gasteiger partial charge in [-0.15, -0.1) is 0 Å². The summed E-state index contributed by atoms with van der Waals surface area (Å²) in [6, 6.07) is 2.40. The molecule has 0 N–H and O–H groups in total. The monoisotopic (exact) mass is 171 g/mol. The maximum atomic E-state index is 8.94. The molecule has 64 valence electrons. The van der Waals surface area contributed by atoms with Crippen molar-refractivity contribution in [2.75, 3.05) is 7.11 Å². The Morgan fingerprint density at radius 2 is 2.18 bits per heavy atom. The molecule has 0 fully saturated rings. The summed E-state index contributed by atoms with van der Waals surface area (Å²) in [5.74, 6) is 0. The minimum atomic E-state index is -0.643. The van der Waals surface area contributed by atoms with Crippen LogP contribution in [-0.4, -0.2) is 16.9 Å². The van der Waals surface area contributed by atoms with Crippen LogP contribution in [0.5, 0.6) is 0 Å². The van der Waals surface area contributed by atoms with Crippen LogP contribution in [0.4, 0.5) is 0 Å². The third-order valence-electron chi connectivity index (χ3n) is 2.06. The number of hydrogen-bond acceptors (Lipinski definition) is 2. The molecule has 0 amide bonds. The van der Waals surface area contributed by atoms with Crippen LogP contribution >= 0.6 is 0 Å². The Hall–Kier alpha value is -0.333. The van der Waals surface area contributed by atoms with Crippen LogP contribution in [0, 0.1) is 11.3 Å². The Morgan fingerprint density at radius 3 is 2.45 bits per heavy atom. The molecule has 0 aromatic rings. The maximum absolute atomic E-state index is 8.94. The molecule has 0 heterocycles. The van der Waals surface area contributed by atoms with Crippen molar-refractivity contribution in [2.45, 2.75) is 38.1 Å². The summed E-state index contributed by atoms with van der Waals surface area (Å²) in [4.78, 5) is 0. The van der Waals surface area contributed by atoms with E-state index in [1.165, 1.54) is 0 Å². The Morgan fingerprint density at radius 1 is 1.55 bits per heavy atom. The van der Waals surface area contributed by atoms with E-state index in [4.69, 9.17) is 9.69 Å². The first-order valence-corrected chi connectivity index (χ1v) is 5.43. The van der Waals surface area contributed by atoms with Crippen LogP contribution in [0.3, 0.4) is 0 Å². The summed E-state index contributed by atoms with van der Waals surface area (Å²) in [5.41, 5.74) is 0. The van der Waals surface area contributed by atoms with Crippen LogP contribution in [0.15, 0.2) is 0 Å². The molecule has 0 saturated carbocycles. The van der Waals surface area contributed by atoms with E-state index in [1.54, 1.807) is 7.11 Å². The van der Waals surface area contributed by atoms with Crippen LogP contribution in [0.2, 0.25) is 5.04 Å². The van der Waals surface area contributed by atoms with Gasteiger partial charge in [0.2, 0.25) is 0 Å². The molecule has 11 heavy (non-hydrogen) atoms. The average Bonchev–Trinajstić information content (AvgIpc) is 2.04. The Bertz CT molecular complexity index is 136. The average molecular weight is 171 g/mol. The molecule has 0 bridgehead atoms. The third-order valence-corrected chi connectivity index (χ3v) is 3.92. The molecular formula is C8H17NOSi. The molecule has 1 unspecified atom stereocenters. The third kappa shape index (κ3) is 3.04. The van der Waals surface area contributed by atoms with Crippen molar-refractivity contribution in [1.29, 1.82) is 5.26 Å². The first-order chi connectivity index (χ1) is 5.24. The number of rotatable bonds is 5. The number of nitriles is 1. The lowest BCUT2D eigenvalue weighted by Crippen LogP contribution is -2.19. The molecule has 1 atom stereocenters. The molecule has 0 aliphatic heterocycles. The van der Waals surface area contributed by atoms with Crippen molar-refractivity contribution in [3.05, 3.63) is 0 Å². The zero-order valence-corrected chi connectivity index (χ0v) is 9.10. The van der Waals surface area contributed by atoms with Crippen LogP contribution in [-0.2, 0) is 4.43 Å². The summed E-state index contributed by atoms with van der Waals surface area (Å²) in [6.07, 6.45) is 3.02. The fraction of sp³-hybridized carbons (Fsp3) is 0.875. The molecule has 0 spiro atoms. The van der Waals surface area contributed by atoms with E-state index >= 15 is 0 Å². The van der Waals surface area contributed by atoms with Gasteiger partial charge in [-0.3, -0.25) is 0 Å². The number of hydrogen-bond donors (Lipinski definition) is 0. The topological polar surface area (TPSA) is 33.0 Å². The van der Waals surface area contributed by atoms with E-state index in [1.807, 2.05) is 0 Å². The van der Waals surface area contributed by atoms with Crippen molar-refractivity contribution in [3.63, 3.8) is 0 Å². The van der Waals surface area contributed by atoms with Gasteiger partial charge in [0.05, 0.1) is 11.1 Å². The second-order valence-electron chi connectivity index (χ2n) is 2.93. The predicted molar refractivity (Wildman–Crippen MR) is 49.1 cm³/mol. The minimum Gasteiger partial charge on any atom is -0.426 e. The van der Waals surface area contributed by atoms with Crippen LogP contribution < -0.4 is 0 Å². The highest BCUT2D eigenvalue weighted by Gasteiger charge is 2.27. The van der Waals surface area contributed by atoms with E-state index in [0.29, 0.717) is 0 Å². The van der Waals surface area contributed by atoms with E-state index in [9.17, 15) is 0 Å². The van der Waals surface area contributed by atoms with E-state index in [0.717, 1.165) is 19.3 Å². The first-order valence-electron chi connectivity index (χ1n) is 4.15. The minimum absolute atomic E-state index is 0.0938. The van der Waals surface area contributed by atoms with Gasteiger partial charge in [0.1, 0.15) is 0 Å². The molecule has 0 radical (unpaired) electrons. The zero-order valence-electron chi connectivity index (χ0n) is 7.68. The second kappa shape index (κ2) is 5.33. The van der Waals surface area contributed by atoms with Gasteiger partial charge in [-0.2, -0.15) is 5.26 Å². The predicted octanol–water partition coefficient (Wildman–Crippen LogP) is 1.61. The fourth-order valence-corrected chi connectivity index (χ4v) is 2.59. The van der Waals surface area contributed by atoms with Crippen molar-refractivity contribution in [1.82, 2.24) is 0 Å². The molecule has 0 aliphatic rings. The van der Waals surface area contributed by atoms with Gasteiger partial charge < -0.3 is 4.43 Å². The van der Waals surface area contributed by atoms with E-state index in [2.05, 4.69) is 19.9 Å². The molecule has 2 nitrogen and oxygen atoms in total. The first kappa shape index (κ1) is 10.7. The van der Waals surface area contributed by atoms with Crippen LogP contribution in [0.25, 0.3) is 0 Å². The van der Waals surface area contributed by atoms with Crippen molar-refractivity contribution >= 4 is 9.76 Å². The van der Waals surface area contributed by atoms with Crippen LogP contribution in [0.1, 0.15) is 33.1 Å². The molecule has 3 heteroatoms. The number of nitrogens with zero attached hydrogens (tertiary/aromatic N) is 1. The molecule has 0 rings (SSSR count). The summed E-state index contributed by atoms with van der Waals surface area (Å²) in [7, 11) is 1.07. The van der Waals surface area contributed by atoms with Crippen molar-refractivity contribution < 1.29 is 4.43 Å². The standard InChI is InChI=1S/C8H17NOSi/c1-4-6-8(5-2,7-9)11-10-3/h4-6,11H2,1-3H3. The van der Waals surface area contributed by atoms with Gasteiger partial charge in [0.15, 0.2) is 9.76 Å². The Labute approximate surface area is 71.5 Å². The smallest absolute Gasteiger partial charge is 0.181 e. The second-order valence-corrected chi connectivity index (χ2v) is 5.15. The van der Waals surface area contributed by atoms with Gasteiger partial charge in [0, 0.05) is 7.11 Å². The lowest BCUT2D eigenvalue weighted by Gasteiger charge is -2.22.